The van der Waals surface area contributed by atoms with Gasteiger partial charge in [0.25, 0.3) is 5.91 Å². The predicted octanol–water partition coefficient (Wildman–Crippen LogP) is 5.42. The van der Waals surface area contributed by atoms with Gasteiger partial charge < -0.3 is 9.47 Å². The van der Waals surface area contributed by atoms with Gasteiger partial charge in [0.1, 0.15) is 18.1 Å². The SMILES string of the molecule is CCCOc1ccc(C(=O)N/N=C\c2cccc(OCc3ccc(I)cc3)c2)cc1. The Kier molecular flexibility index (Phi) is 8.26. The first-order valence-corrected chi connectivity index (χ1v) is 10.8. The largest absolute Gasteiger partial charge is 0.494 e. The van der Waals surface area contributed by atoms with Crippen LogP contribution in [0.4, 0.5) is 0 Å². The number of hydrazone groups is 1. The fourth-order valence-corrected chi connectivity index (χ4v) is 2.94. The van der Waals surface area contributed by atoms with Gasteiger partial charge >= 0.3 is 0 Å². The zero-order chi connectivity index (χ0) is 21.2. The number of carbonyl (C=O) groups is 1. The van der Waals surface area contributed by atoms with Crippen LogP contribution in [0.1, 0.15) is 34.8 Å². The van der Waals surface area contributed by atoms with Crippen molar-refractivity contribution in [1.29, 1.82) is 0 Å². The lowest BCUT2D eigenvalue weighted by Gasteiger charge is -2.07. The van der Waals surface area contributed by atoms with Crippen LogP contribution in [0.2, 0.25) is 0 Å². The van der Waals surface area contributed by atoms with E-state index in [1.54, 1.807) is 30.5 Å². The molecule has 0 spiro atoms. The van der Waals surface area contributed by atoms with Gasteiger partial charge in [-0.1, -0.05) is 31.2 Å². The average molecular weight is 514 g/mol. The summed E-state index contributed by atoms with van der Waals surface area (Å²) in [6.07, 6.45) is 2.53. The lowest BCUT2D eigenvalue weighted by atomic mass is 10.2. The van der Waals surface area contributed by atoms with Crippen LogP contribution in [0.25, 0.3) is 0 Å². The summed E-state index contributed by atoms with van der Waals surface area (Å²) in [5.41, 5.74) is 5.00. The number of ether oxygens (including phenoxy) is 2. The smallest absolute Gasteiger partial charge is 0.271 e. The topological polar surface area (TPSA) is 59.9 Å². The van der Waals surface area contributed by atoms with E-state index in [-0.39, 0.29) is 5.91 Å². The Bertz CT molecular complexity index is 986. The molecule has 0 atom stereocenters. The number of rotatable bonds is 9. The molecule has 1 amide bonds. The van der Waals surface area contributed by atoms with Crippen molar-refractivity contribution in [3.63, 3.8) is 0 Å². The van der Waals surface area contributed by atoms with Crippen LogP contribution in [0.15, 0.2) is 77.9 Å². The van der Waals surface area contributed by atoms with Crippen LogP contribution in [-0.2, 0) is 6.61 Å². The van der Waals surface area contributed by atoms with Crippen molar-refractivity contribution < 1.29 is 14.3 Å². The van der Waals surface area contributed by atoms with Crippen LogP contribution in [-0.4, -0.2) is 18.7 Å². The lowest BCUT2D eigenvalue weighted by molar-refractivity contribution is 0.0955. The zero-order valence-corrected chi connectivity index (χ0v) is 18.8. The van der Waals surface area contributed by atoms with Crippen LogP contribution >= 0.6 is 22.6 Å². The Labute approximate surface area is 190 Å². The highest BCUT2D eigenvalue weighted by atomic mass is 127. The van der Waals surface area contributed by atoms with Crippen molar-refractivity contribution in [3.05, 3.63) is 93.1 Å². The van der Waals surface area contributed by atoms with E-state index in [0.717, 1.165) is 29.0 Å². The number of carbonyl (C=O) groups excluding carboxylic acids is 1. The predicted molar refractivity (Wildman–Crippen MR) is 127 cm³/mol. The third-order valence-corrected chi connectivity index (χ3v) is 4.87. The van der Waals surface area contributed by atoms with E-state index in [4.69, 9.17) is 9.47 Å². The second-order valence-corrected chi connectivity index (χ2v) is 7.81. The molecule has 6 heteroatoms. The van der Waals surface area contributed by atoms with Gasteiger partial charge in [-0.05, 0) is 88.7 Å². The fourth-order valence-electron chi connectivity index (χ4n) is 2.58. The maximum absolute atomic E-state index is 12.2. The average Bonchev–Trinajstić information content (AvgIpc) is 2.78. The van der Waals surface area contributed by atoms with Gasteiger partial charge in [0.15, 0.2) is 0 Å². The first-order valence-electron chi connectivity index (χ1n) is 9.67. The summed E-state index contributed by atoms with van der Waals surface area (Å²) in [6.45, 7) is 3.20. The molecule has 1 N–H and O–H groups in total. The highest BCUT2D eigenvalue weighted by Crippen LogP contribution is 2.15. The van der Waals surface area contributed by atoms with Crippen LogP contribution in [0.5, 0.6) is 11.5 Å². The normalized spacial score (nSPS) is 10.7. The number of hydrogen-bond acceptors (Lipinski definition) is 4. The van der Waals surface area contributed by atoms with Crippen LogP contribution < -0.4 is 14.9 Å². The number of amides is 1. The van der Waals surface area contributed by atoms with Crippen LogP contribution in [0, 0.1) is 3.57 Å². The third kappa shape index (κ3) is 6.88. The van der Waals surface area contributed by atoms with E-state index < -0.39 is 0 Å². The van der Waals surface area contributed by atoms with Crippen molar-refractivity contribution >= 4 is 34.7 Å². The summed E-state index contributed by atoms with van der Waals surface area (Å²) in [7, 11) is 0. The van der Waals surface area contributed by atoms with E-state index in [0.29, 0.717) is 18.8 Å². The number of nitrogens with zero attached hydrogens (tertiary/aromatic N) is 1. The second-order valence-electron chi connectivity index (χ2n) is 6.56. The third-order valence-electron chi connectivity index (χ3n) is 4.15. The minimum absolute atomic E-state index is 0.278. The Morgan fingerprint density at radius 3 is 2.50 bits per heavy atom. The minimum Gasteiger partial charge on any atom is -0.494 e. The quantitative estimate of drug-likeness (QED) is 0.236. The molecule has 0 aromatic heterocycles. The van der Waals surface area contributed by atoms with Gasteiger partial charge in [0, 0.05) is 9.13 Å². The van der Waals surface area contributed by atoms with Gasteiger partial charge in [-0.3, -0.25) is 4.79 Å². The lowest BCUT2D eigenvalue weighted by Crippen LogP contribution is -2.17. The Hall–Kier alpha value is -2.87. The van der Waals surface area contributed by atoms with Gasteiger partial charge in [0.05, 0.1) is 12.8 Å². The Morgan fingerprint density at radius 2 is 1.77 bits per heavy atom. The molecular formula is C24H23IN2O3. The van der Waals surface area contributed by atoms with Gasteiger partial charge in [-0.25, -0.2) is 5.43 Å². The summed E-state index contributed by atoms with van der Waals surface area (Å²) >= 11 is 2.28. The van der Waals surface area contributed by atoms with Crippen molar-refractivity contribution in [2.75, 3.05) is 6.61 Å². The number of hydrogen-bond donors (Lipinski definition) is 1. The Balaban J connectivity index is 1.52. The molecular weight excluding hydrogens is 491 g/mol. The van der Waals surface area contributed by atoms with Gasteiger partial charge in [-0.15, -0.1) is 0 Å². The maximum atomic E-state index is 12.2. The van der Waals surface area contributed by atoms with Crippen molar-refractivity contribution in [2.45, 2.75) is 20.0 Å². The molecule has 0 heterocycles. The minimum atomic E-state index is -0.278. The summed E-state index contributed by atoms with van der Waals surface area (Å²) in [5.74, 6) is 1.21. The van der Waals surface area contributed by atoms with E-state index in [2.05, 4.69) is 45.3 Å². The molecule has 30 heavy (non-hydrogen) atoms. The first kappa shape index (κ1) is 21.8. The number of benzene rings is 3. The van der Waals surface area contributed by atoms with E-state index >= 15 is 0 Å². The molecule has 0 unspecified atom stereocenters. The Morgan fingerprint density at radius 1 is 1.00 bits per heavy atom. The van der Waals surface area contributed by atoms with E-state index in [9.17, 15) is 4.79 Å². The molecule has 3 aromatic carbocycles. The van der Waals surface area contributed by atoms with Gasteiger partial charge in [-0.2, -0.15) is 5.10 Å². The van der Waals surface area contributed by atoms with E-state index in [1.807, 2.05) is 43.3 Å². The molecule has 3 rings (SSSR count). The molecule has 3 aromatic rings. The fraction of sp³-hybridized carbons (Fsp3) is 0.167. The van der Waals surface area contributed by atoms with E-state index in [1.165, 1.54) is 3.57 Å². The van der Waals surface area contributed by atoms with Crippen molar-refractivity contribution in [3.8, 4) is 11.5 Å². The highest BCUT2D eigenvalue weighted by molar-refractivity contribution is 14.1. The molecule has 0 aliphatic heterocycles. The monoisotopic (exact) mass is 514 g/mol. The highest BCUT2D eigenvalue weighted by Gasteiger charge is 2.04. The molecule has 0 fully saturated rings. The second kappa shape index (κ2) is 11.3. The molecule has 154 valence electrons. The summed E-state index contributed by atoms with van der Waals surface area (Å²) < 4.78 is 12.6. The molecule has 0 aliphatic carbocycles. The van der Waals surface area contributed by atoms with Gasteiger partial charge in [0.2, 0.25) is 0 Å². The summed E-state index contributed by atoms with van der Waals surface area (Å²) in [4.78, 5) is 12.2. The summed E-state index contributed by atoms with van der Waals surface area (Å²) in [5, 5.41) is 4.05. The molecule has 0 bridgehead atoms. The first-order chi connectivity index (χ1) is 14.6. The molecule has 0 aliphatic rings. The molecule has 0 radical (unpaired) electrons. The summed E-state index contributed by atoms with van der Waals surface area (Å²) in [6, 6.07) is 22.8. The number of halogens is 1. The standard InChI is InChI=1S/C24H23IN2O3/c1-2-14-29-22-12-8-20(9-13-22)24(28)27-26-16-19-4-3-5-23(15-19)30-17-18-6-10-21(25)11-7-18/h3-13,15-16H,2,14,17H2,1H3,(H,27,28)/b26-16-. The maximum Gasteiger partial charge on any atom is 0.271 e. The molecule has 5 nitrogen and oxygen atoms in total. The van der Waals surface area contributed by atoms with Crippen LogP contribution in [0.3, 0.4) is 0 Å². The van der Waals surface area contributed by atoms with Crippen molar-refractivity contribution in [1.82, 2.24) is 5.43 Å². The van der Waals surface area contributed by atoms with Crippen molar-refractivity contribution in [2.24, 2.45) is 5.10 Å². The molecule has 0 saturated carbocycles. The zero-order valence-electron chi connectivity index (χ0n) is 16.7. The number of nitrogens with one attached hydrogen (secondary N) is 1. The molecule has 0 saturated heterocycles.